The molecule has 2 aromatic rings. The first-order valence-corrected chi connectivity index (χ1v) is 7.69. The molecule has 1 aromatic carbocycles. The molecule has 0 unspecified atom stereocenters. The zero-order chi connectivity index (χ0) is 17.1. The second kappa shape index (κ2) is 6.57. The first kappa shape index (κ1) is 17.3. The van der Waals surface area contributed by atoms with Crippen molar-refractivity contribution in [2.75, 3.05) is 11.9 Å². The number of anilines is 1. The van der Waals surface area contributed by atoms with Gasteiger partial charge in [0.05, 0.1) is 0 Å². The molecule has 0 radical (unpaired) electrons. The Bertz CT molecular complexity index is 668. The predicted molar refractivity (Wildman–Crippen MR) is 83.6 cm³/mol. The van der Waals surface area contributed by atoms with E-state index >= 15 is 0 Å². The lowest BCUT2D eigenvalue weighted by molar-refractivity contribution is -0.140. The summed E-state index contributed by atoms with van der Waals surface area (Å²) in [4.78, 5) is 15.2. The number of carbonyl (C=O) groups excluding carboxylic acids is 1. The summed E-state index contributed by atoms with van der Waals surface area (Å²) in [6.07, 6.45) is -4.51. The fourth-order valence-electron chi connectivity index (χ4n) is 1.90. The lowest BCUT2D eigenvalue weighted by Gasteiger charge is -2.25. The van der Waals surface area contributed by atoms with Gasteiger partial charge in [-0.2, -0.15) is 13.2 Å². The molecule has 1 heterocycles. The molecule has 124 valence electrons. The van der Waals surface area contributed by atoms with Crippen molar-refractivity contribution in [3.63, 3.8) is 0 Å². The number of halogens is 3. The monoisotopic (exact) mass is 343 g/mol. The van der Waals surface area contributed by atoms with Crippen LogP contribution in [0.4, 0.5) is 23.1 Å². The average molecular weight is 343 g/mol. The standard InChI is InChI=1S/C15H16F3N3OS/c1-14(2,10-6-4-3-5-7-10)9-19-12(22)21-13-20-11(8-23-13)15(16,17)18/h3-8H,9H2,1-2H3,(H2,19,20,21,22). The molecule has 2 amide bonds. The molecule has 0 spiro atoms. The minimum Gasteiger partial charge on any atom is -0.337 e. The zero-order valence-electron chi connectivity index (χ0n) is 12.6. The summed E-state index contributed by atoms with van der Waals surface area (Å²) in [5.74, 6) is 0. The Labute approximate surface area is 135 Å². The molecule has 0 saturated carbocycles. The number of carbonyl (C=O) groups is 1. The molecule has 0 atom stereocenters. The van der Waals surface area contributed by atoms with E-state index in [-0.39, 0.29) is 10.5 Å². The van der Waals surface area contributed by atoms with Gasteiger partial charge in [0, 0.05) is 17.3 Å². The first-order valence-electron chi connectivity index (χ1n) is 6.81. The molecule has 2 N–H and O–H groups in total. The van der Waals surface area contributed by atoms with Crippen molar-refractivity contribution in [2.24, 2.45) is 0 Å². The van der Waals surface area contributed by atoms with E-state index in [0.717, 1.165) is 22.3 Å². The molecule has 8 heteroatoms. The number of amides is 2. The Kier molecular flexibility index (Phi) is 4.93. The van der Waals surface area contributed by atoms with Gasteiger partial charge in [0.25, 0.3) is 0 Å². The van der Waals surface area contributed by atoms with Gasteiger partial charge in [0.1, 0.15) is 0 Å². The second-order valence-corrected chi connectivity index (χ2v) is 6.45. The molecular weight excluding hydrogens is 327 g/mol. The molecule has 0 aliphatic carbocycles. The van der Waals surface area contributed by atoms with E-state index in [1.165, 1.54) is 0 Å². The molecule has 2 rings (SSSR count). The minimum absolute atomic E-state index is 0.0904. The fraction of sp³-hybridized carbons (Fsp3) is 0.333. The third-order valence-electron chi connectivity index (χ3n) is 3.26. The number of benzene rings is 1. The summed E-state index contributed by atoms with van der Waals surface area (Å²) in [6, 6.07) is 9.04. The molecule has 1 aromatic heterocycles. The van der Waals surface area contributed by atoms with Gasteiger partial charge in [-0.05, 0) is 5.56 Å². The van der Waals surface area contributed by atoms with Crippen molar-refractivity contribution in [1.82, 2.24) is 10.3 Å². The van der Waals surface area contributed by atoms with Crippen LogP contribution >= 0.6 is 11.3 Å². The van der Waals surface area contributed by atoms with Gasteiger partial charge in [-0.15, -0.1) is 11.3 Å². The molecular formula is C15H16F3N3OS. The van der Waals surface area contributed by atoms with Crippen LogP contribution in [0.5, 0.6) is 0 Å². The first-order chi connectivity index (χ1) is 10.7. The number of urea groups is 1. The van der Waals surface area contributed by atoms with E-state index in [2.05, 4.69) is 15.6 Å². The highest BCUT2D eigenvalue weighted by Gasteiger charge is 2.34. The van der Waals surface area contributed by atoms with E-state index in [4.69, 9.17) is 0 Å². The van der Waals surface area contributed by atoms with Crippen LogP contribution in [-0.2, 0) is 11.6 Å². The average Bonchev–Trinajstić information content (AvgIpc) is 2.95. The molecule has 23 heavy (non-hydrogen) atoms. The van der Waals surface area contributed by atoms with Crippen LogP contribution in [0.3, 0.4) is 0 Å². The molecule has 4 nitrogen and oxygen atoms in total. The van der Waals surface area contributed by atoms with Crippen molar-refractivity contribution >= 4 is 22.5 Å². The van der Waals surface area contributed by atoms with Gasteiger partial charge < -0.3 is 5.32 Å². The summed E-state index contributed by atoms with van der Waals surface area (Å²) in [6.45, 7) is 4.27. The summed E-state index contributed by atoms with van der Waals surface area (Å²) in [5.41, 5.74) is -0.269. The van der Waals surface area contributed by atoms with Gasteiger partial charge >= 0.3 is 12.2 Å². The lowest BCUT2D eigenvalue weighted by atomic mass is 9.85. The number of hydrogen-bond donors (Lipinski definition) is 2. The SMILES string of the molecule is CC(C)(CNC(=O)Nc1nc(C(F)(F)F)cs1)c1ccccc1. The third kappa shape index (κ3) is 4.69. The lowest BCUT2D eigenvalue weighted by Crippen LogP contribution is -2.38. The summed E-state index contributed by atoms with van der Waals surface area (Å²) in [7, 11) is 0. The van der Waals surface area contributed by atoms with Gasteiger partial charge in [-0.3, -0.25) is 5.32 Å². The topological polar surface area (TPSA) is 54.0 Å². The minimum atomic E-state index is -4.51. The van der Waals surface area contributed by atoms with Crippen molar-refractivity contribution in [2.45, 2.75) is 25.4 Å². The quantitative estimate of drug-likeness (QED) is 0.871. The number of nitrogens with zero attached hydrogens (tertiary/aromatic N) is 1. The second-order valence-electron chi connectivity index (χ2n) is 5.59. The largest absolute Gasteiger partial charge is 0.434 e. The highest BCUT2D eigenvalue weighted by atomic mass is 32.1. The van der Waals surface area contributed by atoms with E-state index in [1.807, 2.05) is 44.2 Å². The van der Waals surface area contributed by atoms with Crippen LogP contribution in [0.15, 0.2) is 35.7 Å². The van der Waals surface area contributed by atoms with Crippen LogP contribution in [0, 0.1) is 0 Å². The smallest absolute Gasteiger partial charge is 0.337 e. The predicted octanol–water partition coefficient (Wildman–Crippen LogP) is 4.26. The number of hydrogen-bond acceptors (Lipinski definition) is 3. The number of thiazole rings is 1. The van der Waals surface area contributed by atoms with Crippen LogP contribution in [-0.4, -0.2) is 17.6 Å². The number of aromatic nitrogens is 1. The third-order valence-corrected chi connectivity index (χ3v) is 4.02. The van der Waals surface area contributed by atoms with Crippen molar-refractivity contribution in [3.8, 4) is 0 Å². The Hall–Kier alpha value is -2.09. The van der Waals surface area contributed by atoms with Crippen LogP contribution in [0.25, 0.3) is 0 Å². The zero-order valence-corrected chi connectivity index (χ0v) is 13.4. The van der Waals surface area contributed by atoms with Crippen molar-refractivity contribution < 1.29 is 18.0 Å². The normalized spacial score (nSPS) is 12.0. The number of rotatable bonds is 4. The van der Waals surface area contributed by atoms with E-state index in [9.17, 15) is 18.0 Å². The van der Waals surface area contributed by atoms with Crippen molar-refractivity contribution in [3.05, 3.63) is 47.0 Å². The van der Waals surface area contributed by atoms with E-state index in [1.54, 1.807) is 0 Å². The fourth-order valence-corrected chi connectivity index (χ4v) is 2.61. The van der Waals surface area contributed by atoms with Crippen molar-refractivity contribution in [1.29, 1.82) is 0 Å². The van der Waals surface area contributed by atoms with Crippen LogP contribution < -0.4 is 10.6 Å². The molecule has 0 bridgehead atoms. The number of nitrogens with one attached hydrogen (secondary N) is 2. The Morgan fingerprint density at radius 1 is 1.22 bits per heavy atom. The maximum Gasteiger partial charge on any atom is 0.434 e. The maximum absolute atomic E-state index is 12.4. The Balaban J connectivity index is 1.91. The van der Waals surface area contributed by atoms with E-state index < -0.39 is 17.9 Å². The Morgan fingerprint density at radius 3 is 2.43 bits per heavy atom. The molecule has 0 saturated heterocycles. The van der Waals surface area contributed by atoms with Gasteiger partial charge in [0.2, 0.25) is 0 Å². The molecule has 0 aliphatic heterocycles. The highest BCUT2D eigenvalue weighted by molar-refractivity contribution is 7.13. The van der Waals surface area contributed by atoms with Gasteiger partial charge in [0.15, 0.2) is 10.8 Å². The summed E-state index contributed by atoms with van der Waals surface area (Å²) >= 11 is 0.731. The van der Waals surface area contributed by atoms with Crippen LogP contribution in [0.2, 0.25) is 0 Å². The van der Waals surface area contributed by atoms with Gasteiger partial charge in [-0.1, -0.05) is 44.2 Å². The van der Waals surface area contributed by atoms with E-state index in [0.29, 0.717) is 6.54 Å². The summed E-state index contributed by atoms with van der Waals surface area (Å²) < 4.78 is 37.3. The number of alkyl halides is 3. The highest BCUT2D eigenvalue weighted by Crippen LogP contribution is 2.31. The van der Waals surface area contributed by atoms with Gasteiger partial charge in [-0.25, -0.2) is 9.78 Å². The maximum atomic E-state index is 12.4. The molecule has 0 fully saturated rings. The molecule has 0 aliphatic rings. The van der Waals surface area contributed by atoms with Crippen LogP contribution in [0.1, 0.15) is 25.1 Å². The summed E-state index contributed by atoms with van der Waals surface area (Å²) in [5, 5.41) is 5.74. The Morgan fingerprint density at radius 2 is 1.87 bits per heavy atom.